The second-order valence-electron chi connectivity index (χ2n) is 7.16. The van der Waals surface area contributed by atoms with Gasteiger partial charge in [0.1, 0.15) is 5.75 Å². The Balaban J connectivity index is 1.56. The average Bonchev–Trinajstić information content (AvgIpc) is 3.23. The predicted octanol–water partition coefficient (Wildman–Crippen LogP) is 4.05. The quantitative estimate of drug-likeness (QED) is 0.588. The molecule has 1 atom stereocenters. The smallest absolute Gasteiger partial charge is 0.244 e. The molecule has 1 fully saturated rings. The lowest BCUT2D eigenvalue weighted by Crippen LogP contribution is -2.39. The van der Waals surface area contributed by atoms with Crippen molar-refractivity contribution in [2.45, 2.75) is 43.5 Å². The molecule has 1 aliphatic rings. The van der Waals surface area contributed by atoms with Gasteiger partial charge >= 0.3 is 0 Å². The normalized spacial score (nSPS) is 17.4. The molecule has 156 valence electrons. The Morgan fingerprint density at radius 1 is 1.17 bits per heavy atom. The Kier molecular flexibility index (Phi) is 7.38. The summed E-state index contributed by atoms with van der Waals surface area (Å²) in [6.07, 6.45) is 3.05. The summed E-state index contributed by atoms with van der Waals surface area (Å²) in [5.74, 6) is 1.51. The van der Waals surface area contributed by atoms with E-state index in [0.717, 1.165) is 18.6 Å². The average molecular weight is 434 g/mol. The number of hydrogen-bond donors (Lipinski definition) is 0. The largest absolute Gasteiger partial charge is 0.497 e. The van der Waals surface area contributed by atoms with E-state index in [2.05, 4.69) is 0 Å². The van der Waals surface area contributed by atoms with E-state index in [1.54, 1.807) is 32.2 Å². The molecule has 29 heavy (non-hydrogen) atoms. The molecule has 1 heterocycles. The van der Waals surface area contributed by atoms with Crippen LogP contribution in [0.25, 0.3) is 0 Å². The highest BCUT2D eigenvalue weighted by molar-refractivity contribution is 8.13. The Hall–Kier alpha value is -1.83. The van der Waals surface area contributed by atoms with Crippen LogP contribution in [0.5, 0.6) is 5.75 Å². The summed E-state index contributed by atoms with van der Waals surface area (Å²) in [6.45, 7) is 2.19. The van der Waals surface area contributed by atoms with Gasteiger partial charge in [0.15, 0.2) is 0 Å². The number of aryl methyl sites for hydroxylation is 2. The van der Waals surface area contributed by atoms with E-state index in [-0.39, 0.29) is 5.12 Å². The number of carbonyl (C=O) groups excluding carboxylic acids is 1. The summed E-state index contributed by atoms with van der Waals surface area (Å²) < 4.78 is 32.7. The number of methoxy groups -OCH3 is 1. The van der Waals surface area contributed by atoms with Crippen molar-refractivity contribution in [1.82, 2.24) is 4.31 Å². The van der Waals surface area contributed by atoms with E-state index in [1.807, 2.05) is 30.3 Å². The van der Waals surface area contributed by atoms with E-state index in [4.69, 9.17) is 4.74 Å². The number of sulfonamides is 1. The van der Waals surface area contributed by atoms with E-state index in [0.29, 0.717) is 35.6 Å². The molecule has 2 aromatic rings. The van der Waals surface area contributed by atoms with Crippen molar-refractivity contribution in [2.75, 3.05) is 19.4 Å². The Morgan fingerprint density at radius 3 is 2.59 bits per heavy atom. The van der Waals surface area contributed by atoms with Gasteiger partial charge < -0.3 is 4.74 Å². The monoisotopic (exact) mass is 433 g/mol. The van der Waals surface area contributed by atoms with Crippen molar-refractivity contribution in [3.8, 4) is 5.75 Å². The van der Waals surface area contributed by atoms with Crippen LogP contribution in [0.15, 0.2) is 53.4 Å². The standard InChI is InChI=1S/C22H27NO4S2/c1-17-7-3-4-10-21(17)29(25,26)23-15-5-9-20(23)22(24)28-16-6-8-18-11-13-19(27-2)14-12-18/h3-4,7,10-14,20H,5-6,8-9,15-16H2,1-2H3/t20-/m0/s1. The van der Waals surface area contributed by atoms with Crippen LogP contribution < -0.4 is 4.74 Å². The summed E-state index contributed by atoms with van der Waals surface area (Å²) in [5.41, 5.74) is 1.90. The van der Waals surface area contributed by atoms with Crippen molar-refractivity contribution < 1.29 is 17.9 Å². The lowest BCUT2D eigenvalue weighted by Gasteiger charge is -2.23. The number of rotatable bonds is 8. The maximum Gasteiger partial charge on any atom is 0.244 e. The van der Waals surface area contributed by atoms with Gasteiger partial charge in [-0.15, -0.1) is 0 Å². The van der Waals surface area contributed by atoms with Crippen molar-refractivity contribution in [3.63, 3.8) is 0 Å². The molecule has 1 aliphatic heterocycles. The molecule has 0 saturated carbocycles. The SMILES string of the molecule is COc1ccc(CCCSC(=O)[C@@H]2CCCN2S(=O)(=O)c2ccccc2C)cc1. The van der Waals surface area contributed by atoms with E-state index in [1.165, 1.54) is 21.6 Å². The summed E-state index contributed by atoms with van der Waals surface area (Å²) in [6, 6.07) is 14.3. The molecular weight excluding hydrogens is 406 g/mol. The first-order valence-electron chi connectivity index (χ1n) is 9.80. The van der Waals surface area contributed by atoms with Crippen LogP contribution in [-0.4, -0.2) is 43.3 Å². The van der Waals surface area contributed by atoms with E-state index in [9.17, 15) is 13.2 Å². The fourth-order valence-corrected chi connectivity index (χ4v) is 6.45. The summed E-state index contributed by atoms with van der Waals surface area (Å²) in [7, 11) is -2.01. The minimum absolute atomic E-state index is 0.0469. The fraction of sp³-hybridized carbons (Fsp3) is 0.409. The van der Waals surface area contributed by atoms with Crippen LogP contribution in [-0.2, 0) is 21.2 Å². The third-order valence-corrected chi connectivity index (χ3v) is 8.29. The minimum Gasteiger partial charge on any atom is -0.497 e. The number of benzene rings is 2. The molecular formula is C22H27NO4S2. The van der Waals surface area contributed by atoms with E-state index < -0.39 is 16.1 Å². The molecule has 0 radical (unpaired) electrons. The number of nitrogens with zero attached hydrogens (tertiary/aromatic N) is 1. The lowest BCUT2D eigenvalue weighted by atomic mass is 10.1. The minimum atomic E-state index is -3.66. The van der Waals surface area contributed by atoms with Gasteiger partial charge in [-0.05, 0) is 61.9 Å². The highest BCUT2D eigenvalue weighted by Gasteiger charge is 2.39. The molecule has 5 nitrogen and oxygen atoms in total. The van der Waals surface area contributed by atoms with Gasteiger partial charge in [0.05, 0.1) is 18.0 Å². The van der Waals surface area contributed by atoms with Gasteiger partial charge in [-0.25, -0.2) is 8.42 Å². The third kappa shape index (κ3) is 5.21. The van der Waals surface area contributed by atoms with Gasteiger partial charge in [-0.3, -0.25) is 4.79 Å². The van der Waals surface area contributed by atoms with Crippen molar-refractivity contribution >= 4 is 26.9 Å². The Bertz CT molecular complexity index is 942. The maximum atomic E-state index is 13.1. The maximum absolute atomic E-state index is 13.1. The zero-order valence-corrected chi connectivity index (χ0v) is 18.5. The van der Waals surface area contributed by atoms with Gasteiger partial charge in [0, 0.05) is 12.3 Å². The van der Waals surface area contributed by atoms with Crippen molar-refractivity contribution in [2.24, 2.45) is 0 Å². The van der Waals surface area contributed by atoms with Gasteiger partial charge in [-0.2, -0.15) is 4.31 Å². The molecule has 2 aromatic carbocycles. The van der Waals surface area contributed by atoms with Crippen LogP contribution in [0.1, 0.15) is 30.4 Å². The molecule has 0 spiro atoms. The Labute approximate surface area is 177 Å². The Morgan fingerprint density at radius 2 is 1.90 bits per heavy atom. The van der Waals surface area contributed by atoms with Crippen LogP contribution >= 0.6 is 11.8 Å². The molecule has 0 amide bonds. The topological polar surface area (TPSA) is 63.7 Å². The number of carbonyl (C=O) groups is 1. The van der Waals surface area contributed by atoms with Gasteiger partial charge in [0.25, 0.3) is 0 Å². The first kappa shape index (κ1) is 21.9. The second kappa shape index (κ2) is 9.78. The van der Waals surface area contributed by atoms with Crippen LogP contribution in [0.2, 0.25) is 0 Å². The van der Waals surface area contributed by atoms with Crippen LogP contribution in [0.4, 0.5) is 0 Å². The fourth-order valence-electron chi connectivity index (χ4n) is 3.57. The summed E-state index contributed by atoms with van der Waals surface area (Å²) in [5, 5.41) is -0.0469. The third-order valence-electron chi connectivity index (χ3n) is 5.17. The molecule has 0 aromatic heterocycles. The van der Waals surface area contributed by atoms with Gasteiger partial charge in [0.2, 0.25) is 15.1 Å². The predicted molar refractivity (Wildman–Crippen MR) is 117 cm³/mol. The second-order valence-corrected chi connectivity index (χ2v) is 10.1. The molecule has 1 saturated heterocycles. The number of hydrogen-bond acceptors (Lipinski definition) is 5. The molecule has 0 aliphatic carbocycles. The van der Waals surface area contributed by atoms with Crippen molar-refractivity contribution in [1.29, 1.82) is 0 Å². The zero-order chi connectivity index (χ0) is 20.9. The number of ether oxygens (including phenoxy) is 1. The van der Waals surface area contributed by atoms with Crippen LogP contribution in [0.3, 0.4) is 0 Å². The van der Waals surface area contributed by atoms with Gasteiger partial charge in [-0.1, -0.05) is 42.1 Å². The molecule has 7 heteroatoms. The summed E-state index contributed by atoms with van der Waals surface area (Å²) >= 11 is 1.25. The molecule has 0 bridgehead atoms. The van der Waals surface area contributed by atoms with E-state index >= 15 is 0 Å². The lowest BCUT2D eigenvalue weighted by molar-refractivity contribution is -0.113. The van der Waals surface area contributed by atoms with Crippen molar-refractivity contribution in [3.05, 3.63) is 59.7 Å². The summed E-state index contributed by atoms with van der Waals surface area (Å²) in [4.78, 5) is 13.0. The molecule has 3 rings (SSSR count). The van der Waals surface area contributed by atoms with Crippen LogP contribution in [0, 0.1) is 6.92 Å². The molecule has 0 unspecified atom stereocenters. The molecule has 0 N–H and O–H groups in total. The highest BCUT2D eigenvalue weighted by Crippen LogP contribution is 2.30. The first-order chi connectivity index (χ1) is 13.9. The zero-order valence-electron chi connectivity index (χ0n) is 16.8. The number of thioether (sulfide) groups is 1. The first-order valence-corrected chi connectivity index (χ1v) is 12.2. The highest BCUT2D eigenvalue weighted by atomic mass is 32.2.